The second-order valence-corrected chi connectivity index (χ2v) is 5.30. The molecule has 0 aromatic heterocycles. The van der Waals surface area contributed by atoms with E-state index in [-0.39, 0.29) is 24.3 Å². The van der Waals surface area contributed by atoms with Gasteiger partial charge in [0.15, 0.2) is 0 Å². The molecule has 1 unspecified atom stereocenters. The maximum atomic E-state index is 11.2. The molecule has 0 aliphatic carbocycles. The number of unbranched alkanes of at least 4 members (excludes halogenated alkanes) is 6. The molecule has 0 aromatic carbocycles. The van der Waals surface area contributed by atoms with Crippen molar-refractivity contribution >= 4 is 11.9 Å². The minimum Gasteiger partial charge on any atom is -0.393 e. The van der Waals surface area contributed by atoms with Crippen LogP contribution in [-0.4, -0.2) is 11.9 Å². The Labute approximate surface area is 116 Å². The SMILES string of the molecule is CCCCCCCC=CCCCC1CC(=O)OC1=O. The van der Waals surface area contributed by atoms with Crippen LogP contribution in [0.25, 0.3) is 0 Å². The lowest BCUT2D eigenvalue weighted by Gasteiger charge is -2.01. The van der Waals surface area contributed by atoms with Crippen LogP contribution in [0.2, 0.25) is 0 Å². The number of cyclic esters (lactones) is 2. The summed E-state index contributed by atoms with van der Waals surface area (Å²) < 4.78 is 4.52. The molecule has 108 valence electrons. The van der Waals surface area contributed by atoms with Crippen molar-refractivity contribution in [3.63, 3.8) is 0 Å². The largest absolute Gasteiger partial charge is 0.393 e. The summed E-state index contributed by atoms with van der Waals surface area (Å²) >= 11 is 0. The summed E-state index contributed by atoms with van der Waals surface area (Å²) in [5.41, 5.74) is 0. The highest BCUT2D eigenvalue weighted by molar-refractivity contribution is 5.94. The summed E-state index contributed by atoms with van der Waals surface area (Å²) in [5.74, 6) is -0.877. The molecule has 1 fully saturated rings. The van der Waals surface area contributed by atoms with E-state index in [0.29, 0.717) is 0 Å². The first-order valence-electron chi connectivity index (χ1n) is 7.63. The first-order chi connectivity index (χ1) is 9.24. The van der Waals surface area contributed by atoms with Crippen molar-refractivity contribution in [3.8, 4) is 0 Å². The minimum atomic E-state index is -0.363. The first kappa shape index (κ1) is 15.9. The van der Waals surface area contributed by atoms with Crippen molar-refractivity contribution < 1.29 is 14.3 Å². The van der Waals surface area contributed by atoms with Crippen LogP contribution in [-0.2, 0) is 14.3 Å². The average Bonchev–Trinajstić information content (AvgIpc) is 2.70. The Hall–Kier alpha value is -1.12. The quantitative estimate of drug-likeness (QED) is 0.258. The lowest BCUT2D eigenvalue weighted by atomic mass is 10.0. The summed E-state index contributed by atoms with van der Waals surface area (Å²) in [4.78, 5) is 22.1. The van der Waals surface area contributed by atoms with Gasteiger partial charge in [-0.25, -0.2) is 0 Å². The summed E-state index contributed by atoms with van der Waals surface area (Å²) in [6, 6.07) is 0. The zero-order valence-corrected chi connectivity index (χ0v) is 12.0. The minimum absolute atomic E-state index is 0.185. The fraction of sp³-hybridized carbons (Fsp3) is 0.750. The van der Waals surface area contributed by atoms with Crippen LogP contribution in [0.5, 0.6) is 0 Å². The molecule has 1 rings (SSSR count). The van der Waals surface area contributed by atoms with Gasteiger partial charge in [0.05, 0.1) is 12.3 Å². The molecule has 3 nitrogen and oxygen atoms in total. The zero-order chi connectivity index (χ0) is 13.9. The topological polar surface area (TPSA) is 43.4 Å². The van der Waals surface area contributed by atoms with Crippen molar-refractivity contribution in [2.75, 3.05) is 0 Å². The fourth-order valence-corrected chi connectivity index (χ4v) is 2.33. The van der Waals surface area contributed by atoms with Gasteiger partial charge in [-0.15, -0.1) is 0 Å². The third-order valence-electron chi connectivity index (χ3n) is 3.53. The highest BCUT2D eigenvalue weighted by Gasteiger charge is 2.32. The molecule has 1 heterocycles. The van der Waals surface area contributed by atoms with Crippen LogP contribution in [0.4, 0.5) is 0 Å². The lowest BCUT2D eigenvalue weighted by molar-refractivity contribution is -0.153. The average molecular weight is 266 g/mol. The van der Waals surface area contributed by atoms with Crippen LogP contribution >= 0.6 is 0 Å². The van der Waals surface area contributed by atoms with E-state index in [1.165, 1.54) is 32.1 Å². The molecular formula is C16H26O3. The van der Waals surface area contributed by atoms with Crippen LogP contribution in [0.1, 0.15) is 71.1 Å². The second kappa shape index (κ2) is 9.76. The molecule has 1 atom stereocenters. The Bertz CT molecular complexity index is 307. The standard InChI is InChI=1S/C16H26O3/c1-2-3-4-5-6-7-8-9-10-11-12-14-13-15(17)19-16(14)18/h8-9,14H,2-7,10-13H2,1H3. The Morgan fingerprint density at radius 3 is 2.37 bits per heavy atom. The summed E-state index contributed by atoms with van der Waals surface area (Å²) in [5, 5.41) is 0. The van der Waals surface area contributed by atoms with E-state index in [1.807, 2.05) is 0 Å². The molecule has 0 amide bonds. The van der Waals surface area contributed by atoms with Gasteiger partial charge in [0, 0.05) is 0 Å². The van der Waals surface area contributed by atoms with Crippen molar-refractivity contribution in [3.05, 3.63) is 12.2 Å². The highest BCUT2D eigenvalue weighted by atomic mass is 16.6. The van der Waals surface area contributed by atoms with E-state index in [2.05, 4.69) is 23.8 Å². The smallest absolute Gasteiger partial charge is 0.317 e. The van der Waals surface area contributed by atoms with E-state index in [4.69, 9.17) is 0 Å². The van der Waals surface area contributed by atoms with E-state index in [0.717, 1.165) is 25.7 Å². The second-order valence-electron chi connectivity index (χ2n) is 5.30. The number of allylic oxidation sites excluding steroid dienone is 2. The molecule has 0 saturated carbocycles. The van der Waals surface area contributed by atoms with Crippen molar-refractivity contribution in [1.82, 2.24) is 0 Å². The number of esters is 2. The third kappa shape index (κ3) is 7.14. The maximum absolute atomic E-state index is 11.2. The number of carbonyl (C=O) groups is 2. The van der Waals surface area contributed by atoms with E-state index < -0.39 is 0 Å². The molecule has 0 radical (unpaired) electrons. The van der Waals surface area contributed by atoms with Gasteiger partial charge in [-0.2, -0.15) is 0 Å². The lowest BCUT2D eigenvalue weighted by Crippen LogP contribution is -2.06. The van der Waals surface area contributed by atoms with Crippen LogP contribution in [0, 0.1) is 5.92 Å². The van der Waals surface area contributed by atoms with Gasteiger partial charge in [0.1, 0.15) is 0 Å². The number of rotatable bonds is 10. The first-order valence-corrected chi connectivity index (χ1v) is 7.63. The highest BCUT2D eigenvalue weighted by Crippen LogP contribution is 2.21. The summed E-state index contributed by atoms with van der Waals surface area (Å²) in [6.07, 6.45) is 15.2. The van der Waals surface area contributed by atoms with Gasteiger partial charge >= 0.3 is 11.9 Å². The number of hydrogen-bond acceptors (Lipinski definition) is 3. The molecule has 19 heavy (non-hydrogen) atoms. The third-order valence-corrected chi connectivity index (χ3v) is 3.53. The van der Waals surface area contributed by atoms with Gasteiger partial charge in [-0.05, 0) is 32.1 Å². The van der Waals surface area contributed by atoms with Crippen molar-refractivity contribution in [2.45, 2.75) is 71.1 Å². The van der Waals surface area contributed by atoms with Gasteiger partial charge in [0.2, 0.25) is 0 Å². The molecule has 0 N–H and O–H groups in total. The Kier molecular flexibility index (Phi) is 8.19. The van der Waals surface area contributed by atoms with E-state index >= 15 is 0 Å². The predicted octanol–water partition coefficient (Wildman–Crippen LogP) is 4.16. The summed E-state index contributed by atoms with van der Waals surface area (Å²) in [6.45, 7) is 2.23. The molecule has 0 bridgehead atoms. The Balaban J connectivity index is 1.93. The monoisotopic (exact) mass is 266 g/mol. The normalized spacial score (nSPS) is 19.3. The van der Waals surface area contributed by atoms with E-state index in [9.17, 15) is 9.59 Å². The molecular weight excluding hydrogens is 240 g/mol. The molecule has 0 aromatic rings. The molecule has 1 saturated heterocycles. The molecule has 1 aliphatic rings. The molecule has 3 heteroatoms. The van der Waals surface area contributed by atoms with Gasteiger partial charge in [-0.3, -0.25) is 9.59 Å². The van der Waals surface area contributed by atoms with Crippen molar-refractivity contribution in [1.29, 1.82) is 0 Å². The predicted molar refractivity (Wildman–Crippen MR) is 75.6 cm³/mol. The Morgan fingerprint density at radius 1 is 1.05 bits per heavy atom. The number of carbonyl (C=O) groups excluding carboxylic acids is 2. The Morgan fingerprint density at radius 2 is 1.74 bits per heavy atom. The zero-order valence-electron chi connectivity index (χ0n) is 12.0. The van der Waals surface area contributed by atoms with Gasteiger partial charge in [0.25, 0.3) is 0 Å². The fourth-order valence-electron chi connectivity index (χ4n) is 2.33. The molecule has 0 spiro atoms. The van der Waals surface area contributed by atoms with Gasteiger partial charge in [-0.1, -0.05) is 44.8 Å². The number of ether oxygens (including phenoxy) is 1. The van der Waals surface area contributed by atoms with Crippen LogP contribution in [0.15, 0.2) is 12.2 Å². The number of hydrogen-bond donors (Lipinski definition) is 0. The maximum Gasteiger partial charge on any atom is 0.317 e. The van der Waals surface area contributed by atoms with Crippen LogP contribution in [0.3, 0.4) is 0 Å². The van der Waals surface area contributed by atoms with Gasteiger partial charge < -0.3 is 4.74 Å². The van der Waals surface area contributed by atoms with Crippen LogP contribution < -0.4 is 0 Å². The van der Waals surface area contributed by atoms with Crippen molar-refractivity contribution in [2.24, 2.45) is 5.92 Å². The summed E-state index contributed by atoms with van der Waals surface area (Å²) in [7, 11) is 0. The van der Waals surface area contributed by atoms with E-state index in [1.54, 1.807) is 0 Å². The molecule has 1 aliphatic heterocycles.